The van der Waals surface area contributed by atoms with E-state index in [-0.39, 0.29) is 5.69 Å². The van der Waals surface area contributed by atoms with E-state index < -0.39 is 28.2 Å². The highest BCUT2D eigenvalue weighted by Gasteiger charge is 2.37. The first-order valence-corrected chi connectivity index (χ1v) is 5.61. The molecule has 104 valence electrons. The average molecular weight is 278 g/mol. The van der Waals surface area contributed by atoms with Gasteiger partial charge in [-0.2, -0.15) is 13.2 Å². The molecule has 0 saturated carbocycles. The van der Waals surface area contributed by atoms with E-state index in [1.54, 1.807) is 0 Å². The van der Waals surface area contributed by atoms with Crippen molar-refractivity contribution in [3.63, 3.8) is 0 Å². The Balaban J connectivity index is 2.57. The van der Waals surface area contributed by atoms with E-state index in [9.17, 15) is 27.7 Å². The Kier molecular flexibility index (Phi) is 3.34. The molecule has 0 amide bonds. The molecule has 2 rings (SSSR count). The van der Waals surface area contributed by atoms with Gasteiger partial charge in [0.05, 0.1) is 16.6 Å². The van der Waals surface area contributed by atoms with Gasteiger partial charge in [-0.3, -0.25) is 10.1 Å². The monoisotopic (exact) mass is 278 g/mol. The van der Waals surface area contributed by atoms with Crippen molar-refractivity contribution in [2.75, 3.05) is 18.0 Å². The van der Waals surface area contributed by atoms with Crippen LogP contribution in [0.2, 0.25) is 0 Å². The Morgan fingerprint density at radius 1 is 1.21 bits per heavy atom. The highest BCUT2D eigenvalue weighted by molar-refractivity contribution is 5.65. The van der Waals surface area contributed by atoms with Crippen LogP contribution in [0.3, 0.4) is 0 Å². The Bertz CT molecular complexity index is 510. The lowest BCUT2D eigenvalue weighted by Crippen LogP contribution is -2.20. The summed E-state index contributed by atoms with van der Waals surface area (Å²) in [5.74, 6) is -1.62. The van der Waals surface area contributed by atoms with Gasteiger partial charge in [0, 0.05) is 13.1 Å². The number of nitro benzene ring substituents is 1. The van der Waals surface area contributed by atoms with E-state index in [0.717, 1.165) is 12.8 Å². The molecule has 1 aromatic rings. The fraction of sp³-hybridized carbons (Fsp3) is 0.455. The van der Waals surface area contributed by atoms with Crippen LogP contribution in [-0.2, 0) is 6.18 Å². The maximum Gasteiger partial charge on any atom is 0.419 e. The molecule has 4 nitrogen and oxygen atoms in total. The molecule has 19 heavy (non-hydrogen) atoms. The fourth-order valence-electron chi connectivity index (χ4n) is 2.13. The van der Waals surface area contributed by atoms with Crippen molar-refractivity contribution in [3.05, 3.63) is 33.6 Å². The van der Waals surface area contributed by atoms with Gasteiger partial charge in [0.15, 0.2) is 0 Å². The number of alkyl halides is 3. The zero-order valence-corrected chi connectivity index (χ0v) is 9.71. The van der Waals surface area contributed by atoms with E-state index in [1.807, 2.05) is 0 Å². The summed E-state index contributed by atoms with van der Waals surface area (Å²) >= 11 is 0. The van der Waals surface area contributed by atoms with Crippen molar-refractivity contribution in [3.8, 4) is 0 Å². The average Bonchev–Trinajstić information content (AvgIpc) is 2.80. The molecule has 8 heteroatoms. The van der Waals surface area contributed by atoms with Gasteiger partial charge in [-0.1, -0.05) is 0 Å². The van der Waals surface area contributed by atoms with Gasteiger partial charge < -0.3 is 4.90 Å². The van der Waals surface area contributed by atoms with Crippen LogP contribution in [0, 0.1) is 15.9 Å². The number of anilines is 1. The van der Waals surface area contributed by atoms with Gasteiger partial charge in [0.25, 0.3) is 5.69 Å². The molecule has 0 aromatic heterocycles. The van der Waals surface area contributed by atoms with Crippen LogP contribution in [0.25, 0.3) is 0 Å². The number of halogens is 4. The molecule has 0 unspecified atom stereocenters. The van der Waals surface area contributed by atoms with Crippen LogP contribution in [0.1, 0.15) is 18.4 Å². The molecule has 0 bridgehead atoms. The number of hydrogen-bond acceptors (Lipinski definition) is 3. The molecule has 1 fully saturated rings. The Morgan fingerprint density at radius 3 is 2.26 bits per heavy atom. The van der Waals surface area contributed by atoms with E-state index in [1.165, 1.54) is 4.90 Å². The lowest BCUT2D eigenvalue weighted by Gasteiger charge is -2.19. The van der Waals surface area contributed by atoms with E-state index in [0.29, 0.717) is 25.2 Å². The normalized spacial score (nSPS) is 15.9. The van der Waals surface area contributed by atoms with Crippen LogP contribution < -0.4 is 4.90 Å². The summed E-state index contributed by atoms with van der Waals surface area (Å²) in [5.41, 5.74) is -2.27. The second-order valence-corrected chi connectivity index (χ2v) is 4.27. The van der Waals surface area contributed by atoms with Crippen LogP contribution in [0.15, 0.2) is 12.1 Å². The Labute approximate surface area is 105 Å². The lowest BCUT2D eigenvalue weighted by molar-refractivity contribution is -0.384. The zero-order chi connectivity index (χ0) is 14.2. The van der Waals surface area contributed by atoms with E-state index >= 15 is 0 Å². The molecule has 0 N–H and O–H groups in total. The number of benzene rings is 1. The number of hydrogen-bond donors (Lipinski definition) is 0. The Hall–Kier alpha value is -1.86. The van der Waals surface area contributed by atoms with Crippen LogP contribution in [0.5, 0.6) is 0 Å². The van der Waals surface area contributed by atoms with Gasteiger partial charge in [-0.15, -0.1) is 0 Å². The second kappa shape index (κ2) is 4.67. The highest BCUT2D eigenvalue weighted by Crippen LogP contribution is 2.39. The highest BCUT2D eigenvalue weighted by atomic mass is 19.4. The molecule has 0 aliphatic carbocycles. The predicted molar refractivity (Wildman–Crippen MR) is 59.5 cm³/mol. The summed E-state index contributed by atoms with van der Waals surface area (Å²) in [5, 5.41) is 10.8. The minimum Gasteiger partial charge on any atom is -0.366 e. The topological polar surface area (TPSA) is 46.4 Å². The molecule has 1 saturated heterocycles. The molecule has 0 atom stereocenters. The van der Waals surface area contributed by atoms with Crippen LogP contribution in [-0.4, -0.2) is 18.0 Å². The van der Waals surface area contributed by atoms with Crippen molar-refractivity contribution in [2.24, 2.45) is 0 Å². The molecule has 1 heterocycles. The lowest BCUT2D eigenvalue weighted by atomic mass is 10.1. The van der Waals surface area contributed by atoms with Crippen molar-refractivity contribution in [1.29, 1.82) is 0 Å². The maximum absolute atomic E-state index is 13.3. The molecule has 1 aromatic carbocycles. The van der Waals surface area contributed by atoms with Gasteiger partial charge in [0.1, 0.15) is 11.5 Å². The quantitative estimate of drug-likeness (QED) is 0.473. The van der Waals surface area contributed by atoms with Gasteiger partial charge in [-0.25, -0.2) is 4.39 Å². The number of rotatable bonds is 2. The van der Waals surface area contributed by atoms with Crippen LogP contribution in [0.4, 0.5) is 28.9 Å². The first-order valence-electron chi connectivity index (χ1n) is 5.61. The molecule has 0 spiro atoms. The molecule has 1 aliphatic heterocycles. The summed E-state index contributed by atoms with van der Waals surface area (Å²) in [6.45, 7) is 0.869. The first kappa shape index (κ1) is 13.6. The third kappa shape index (κ3) is 2.61. The molecule has 1 aliphatic rings. The summed E-state index contributed by atoms with van der Waals surface area (Å²) in [6, 6.07) is 0.870. The maximum atomic E-state index is 13.3. The van der Waals surface area contributed by atoms with Gasteiger partial charge >= 0.3 is 6.18 Å². The van der Waals surface area contributed by atoms with Gasteiger partial charge in [-0.05, 0) is 18.9 Å². The Morgan fingerprint density at radius 2 is 1.79 bits per heavy atom. The SMILES string of the molecule is O=[N+]([O-])c1cc(F)c(C(F)(F)F)cc1N1CCCC1. The van der Waals surface area contributed by atoms with Gasteiger partial charge in [0.2, 0.25) is 0 Å². The third-order valence-corrected chi connectivity index (χ3v) is 3.01. The van der Waals surface area contributed by atoms with Crippen LogP contribution >= 0.6 is 0 Å². The summed E-state index contributed by atoms with van der Waals surface area (Å²) < 4.78 is 51.2. The molecular weight excluding hydrogens is 268 g/mol. The molecular formula is C11H10F4N2O2. The zero-order valence-electron chi connectivity index (χ0n) is 9.71. The standard InChI is InChI=1S/C11H10F4N2O2/c12-8-6-10(17(18)19)9(16-3-1-2-4-16)5-7(8)11(13,14)15/h5-6H,1-4H2. The summed E-state index contributed by atoms with van der Waals surface area (Å²) in [4.78, 5) is 11.4. The minimum absolute atomic E-state index is 0.170. The first-order chi connectivity index (χ1) is 8.80. The second-order valence-electron chi connectivity index (χ2n) is 4.27. The predicted octanol–water partition coefficient (Wildman–Crippen LogP) is 3.35. The van der Waals surface area contributed by atoms with Crippen molar-refractivity contribution in [2.45, 2.75) is 19.0 Å². The van der Waals surface area contributed by atoms with Crippen molar-refractivity contribution < 1.29 is 22.5 Å². The minimum atomic E-state index is -4.87. The third-order valence-electron chi connectivity index (χ3n) is 3.01. The number of nitrogens with zero attached hydrogens (tertiary/aromatic N) is 2. The largest absolute Gasteiger partial charge is 0.419 e. The van der Waals surface area contributed by atoms with E-state index in [4.69, 9.17) is 0 Å². The summed E-state index contributed by atoms with van der Waals surface area (Å²) in [7, 11) is 0. The van der Waals surface area contributed by atoms with Crippen molar-refractivity contribution in [1.82, 2.24) is 0 Å². The fourth-order valence-corrected chi connectivity index (χ4v) is 2.13. The number of nitro groups is 1. The van der Waals surface area contributed by atoms with Crippen molar-refractivity contribution >= 4 is 11.4 Å². The van der Waals surface area contributed by atoms with E-state index in [2.05, 4.69) is 0 Å². The smallest absolute Gasteiger partial charge is 0.366 e. The molecule has 0 radical (unpaired) electrons. The summed E-state index contributed by atoms with van der Waals surface area (Å²) in [6.07, 6.45) is -3.38.